The largest absolute Gasteiger partial charge is 0.497 e. The van der Waals surface area contributed by atoms with Crippen LogP contribution in [0.15, 0.2) is 36.4 Å². The molecule has 1 atom stereocenters. The number of nitriles is 1. The van der Waals surface area contributed by atoms with Crippen molar-refractivity contribution >= 4 is 17.1 Å². The Morgan fingerprint density at radius 2 is 1.93 bits per heavy atom. The van der Waals surface area contributed by atoms with Gasteiger partial charge >= 0.3 is 0 Å². The van der Waals surface area contributed by atoms with Crippen LogP contribution in [0.2, 0.25) is 0 Å². The zero-order valence-electron chi connectivity index (χ0n) is 15.1. The minimum Gasteiger partial charge on any atom is -0.497 e. The number of hydrogen-bond donors (Lipinski definition) is 1. The Hall–Kier alpha value is -3.47. The number of ether oxygens (including phenoxy) is 2. The van der Waals surface area contributed by atoms with Gasteiger partial charge < -0.3 is 19.7 Å². The lowest BCUT2D eigenvalue weighted by atomic mass is 10.1. The highest BCUT2D eigenvalue weighted by atomic mass is 16.6. The first-order chi connectivity index (χ1) is 13.0. The van der Waals surface area contributed by atoms with E-state index >= 15 is 0 Å². The maximum atomic E-state index is 11.3. The van der Waals surface area contributed by atoms with Crippen molar-refractivity contribution in [1.82, 2.24) is 0 Å². The van der Waals surface area contributed by atoms with Crippen molar-refractivity contribution < 1.29 is 14.4 Å². The van der Waals surface area contributed by atoms with Crippen LogP contribution in [0.25, 0.3) is 0 Å². The summed E-state index contributed by atoms with van der Waals surface area (Å²) in [5.74, 6) is 1.42. The van der Waals surface area contributed by atoms with Crippen LogP contribution in [0.1, 0.15) is 12.0 Å². The van der Waals surface area contributed by atoms with Gasteiger partial charge in [0.2, 0.25) is 0 Å². The van der Waals surface area contributed by atoms with Gasteiger partial charge in [0.1, 0.15) is 17.2 Å². The SMILES string of the molecule is COc1cc(OC)cc(N2CCC(Nc3ccc(C#N)cc3[N+](=O)[O-])C2)c1. The molecule has 1 saturated heterocycles. The summed E-state index contributed by atoms with van der Waals surface area (Å²) in [5, 5.41) is 23.5. The van der Waals surface area contributed by atoms with Gasteiger partial charge in [-0.2, -0.15) is 5.26 Å². The lowest BCUT2D eigenvalue weighted by Crippen LogP contribution is -2.26. The van der Waals surface area contributed by atoms with Crippen LogP contribution in [-0.4, -0.2) is 38.3 Å². The van der Waals surface area contributed by atoms with Crippen molar-refractivity contribution in [2.75, 3.05) is 37.5 Å². The molecular formula is C19H20N4O4. The normalized spacial score (nSPS) is 15.9. The first-order valence-electron chi connectivity index (χ1n) is 8.47. The van der Waals surface area contributed by atoms with Gasteiger partial charge in [-0.25, -0.2) is 0 Å². The summed E-state index contributed by atoms with van der Waals surface area (Å²) >= 11 is 0. The Bertz CT molecular complexity index is 872. The van der Waals surface area contributed by atoms with Gasteiger partial charge in [0.15, 0.2) is 0 Å². The minimum atomic E-state index is -0.469. The highest BCUT2D eigenvalue weighted by Crippen LogP contribution is 2.32. The second kappa shape index (κ2) is 7.83. The number of rotatable bonds is 6. The third kappa shape index (κ3) is 4.03. The molecule has 27 heavy (non-hydrogen) atoms. The summed E-state index contributed by atoms with van der Waals surface area (Å²) in [4.78, 5) is 13.0. The molecule has 140 valence electrons. The number of nitro benzene ring substituents is 1. The molecule has 8 nitrogen and oxygen atoms in total. The molecule has 0 amide bonds. The highest BCUT2D eigenvalue weighted by Gasteiger charge is 2.26. The van der Waals surface area contributed by atoms with E-state index in [0.29, 0.717) is 23.7 Å². The van der Waals surface area contributed by atoms with E-state index in [2.05, 4.69) is 10.2 Å². The second-order valence-corrected chi connectivity index (χ2v) is 6.25. The quantitative estimate of drug-likeness (QED) is 0.617. The van der Waals surface area contributed by atoms with Crippen LogP contribution in [0, 0.1) is 21.4 Å². The molecule has 8 heteroatoms. The zero-order valence-corrected chi connectivity index (χ0v) is 15.1. The minimum absolute atomic E-state index is 0.0498. The topological polar surface area (TPSA) is 101 Å². The number of benzene rings is 2. The van der Waals surface area contributed by atoms with Crippen molar-refractivity contribution in [2.45, 2.75) is 12.5 Å². The summed E-state index contributed by atoms with van der Waals surface area (Å²) in [5.41, 5.74) is 1.58. The number of anilines is 2. The lowest BCUT2D eigenvalue weighted by molar-refractivity contribution is -0.384. The fourth-order valence-corrected chi connectivity index (χ4v) is 3.18. The molecule has 2 aromatic rings. The summed E-state index contributed by atoms with van der Waals surface area (Å²) in [7, 11) is 3.22. The lowest BCUT2D eigenvalue weighted by Gasteiger charge is -2.21. The van der Waals surface area contributed by atoms with E-state index in [0.717, 1.165) is 18.7 Å². The van der Waals surface area contributed by atoms with Crippen LogP contribution in [0.3, 0.4) is 0 Å². The fourth-order valence-electron chi connectivity index (χ4n) is 3.18. The summed E-state index contributed by atoms with van der Waals surface area (Å²) < 4.78 is 10.6. The van der Waals surface area contributed by atoms with Gasteiger partial charge in [0.05, 0.1) is 30.8 Å². The molecular weight excluding hydrogens is 348 g/mol. The molecule has 0 aromatic heterocycles. The molecule has 1 heterocycles. The summed E-state index contributed by atoms with van der Waals surface area (Å²) in [6.45, 7) is 1.49. The molecule has 3 rings (SSSR count). The van der Waals surface area contributed by atoms with E-state index < -0.39 is 4.92 Å². The maximum Gasteiger partial charge on any atom is 0.293 e. The highest BCUT2D eigenvalue weighted by molar-refractivity contribution is 5.65. The molecule has 2 aromatic carbocycles. The van der Waals surface area contributed by atoms with Crippen molar-refractivity contribution in [3.8, 4) is 17.6 Å². The van der Waals surface area contributed by atoms with Gasteiger partial charge in [-0.1, -0.05) is 0 Å². The number of methoxy groups -OCH3 is 2. The van der Waals surface area contributed by atoms with E-state index in [1.807, 2.05) is 24.3 Å². The van der Waals surface area contributed by atoms with Crippen molar-refractivity contribution in [1.29, 1.82) is 5.26 Å². The molecule has 1 unspecified atom stereocenters. The number of hydrogen-bond acceptors (Lipinski definition) is 7. The summed E-state index contributed by atoms with van der Waals surface area (Å²) in [6, 6.07) is 12.1. The monoisotopic (exact) mass is 368 g/mol. The van der Waals surface area contributed by atoms with Crippen LogP contribution in [0.4, 0.5) is 17.1 Å². The predicted octanol–water partition coefficient (Wildman–Crippen LogP) is 3.17. The molecule has 1 aliphatic heterocycles. The Morgan fingerprint density at radius 3 is 2.52 bits per heavy atom. The molecule has 0 radical (unpaired) electrons. The molecule has 0 saturated carbocycles. The number of nitrogens with one attached hydrogen (secondary N) is 1. The van der Waals surface area contributed by atoms with Gasteiger partial charge in [0.25, 0.3) is 5.69 Å². The van der Waals surface area contributed by atoms with Gasteiger partial charge in [-0.3, -0.25) is 10.1 Å². The standard InChI is InChI=1S/C19H20N4O4/c1-26-16-8-15(9-17(10-16)27-2)22-6-5-14(12-22)21-18-4-3-13(11-20)7-19(18)23(24)25/h3-4,7-10,14,21H,5-6,12H2,1-2H3. The Morgan fingerprint density at radius 1 is 1.22 bits per heavy atom. The third-order valence-corrected chi connectivity index (χ3v) is 4.57. The zero-order chi connectivity index (χ0) is 19.4. The summed E-state index contributed by atoms with van der Waals surface area (Å²) in [6.07, 6.45) is 0.830. The van der Waals surface area contributed by atoms with Gasteiger partial charge in [-0.05, 0) is 18.6 Å². The average molecular weight is 368 g/mol. The molecule has 0 bridgehead atoms. The van der Waals surface area contributed by atoms with Crippen molar-refractivity contribution in [3.63, 3.8) is 0 Å². The van der Waals surface area contributed by atoms with Crippen LogP contribution in [0.5, 0.6) is 11.5 Å². The molecule has 0 aliphatic carbocycles. The van der Waals surface area contributed by atoms with Crippen LogP contribution in [-0.2, 0) is 0 Å². The first-order valence-corrected chi connectivity index (χ1v) is 8.47. The van der Waals surface area contributed by atoms with E-state index in [-0.39, 0.29) is 17.3 Å². The first kappa shape index (κ1) is 18.3. The smallest absolute Gasteiger partial charge is 0.293 e. The van der Waals surface area contributed by atoms with E-state index in [9.17, 15) is 10.1 Å². The van der Waals surface area contributed by atoms with Crippen LogP contribution < -0.4 is 19.7 Å². The molecule has 1 aliphatic rings. The number of nitrogens with zero attached hydrogens (tertiary/aromatic N) is 3. The Balaban J connectivity index is 1.76. The van der Waals surface area contributed by atoms with E-state index in [1.165, 1.54) is 6.07 Å². The number of nitro groups is 1. The molecule has 1 fully saturated rings. The predicted molar refractivity (Wildman–Crippen MR) is 102 cm³/mol. The van der Waals surface area contributed by atoms with Gasteiger partial charge in [-0.15, -0.1) is 0 Å². The third-order valence-electron chi connectivity index (χ3n) is 4.57. The maximum absolute atomic E-state index is 11.3. The Labute approximate surface area is 157 Å². The Kier molecular flexibility index (Phi) is 5.31. The van der Waals surface area contributed by atoms with E-state index in [4.69, 9.17) is 14.7 Å². The van der Waals surface area contributed by atoms with E-state index in [1.54, 1.807) is 26.4 Å². The van der Waals surface area contributed by atoms with Gasteiger partial charge in [0, 0.05) is 49.1 Å². The molecule has 1 N–H and O–H groups in total. The average Bonchev–Trinajstić information content (AvgIpc) is 3.16. The van der Waals surface area contributed by atoms with Crippen molar-refractivity contribution in [2.24, 2.45) is 0 Å². The van der Waals surface area contributed by atoms with Crippen molar-refractivity contribution in [3.05, 3.63) is 52.1 Å². The fraction of sp³-hybridized carbons (Fsp3) is 0.316. The van der Waals surface area contributed by atoms with Crippen LogP contribution >= 0.6 is 0 Å². The second-order valence-electron chi connectivity index (χ2n) is 6.25. The molecule has 0 spiro atoms.